The molecule has 0 unspecified atom stereocenters. The lowest BCUT2D eigenvalue weighted by molar-refractivity contribution is 0.295. The molecule has 1 radical (unpaired) electrons. The molecule has 14 heavy (non-hydrogen) atoms. The molecule has 0 heterocycles. The van der Waals surface area contributed by atoms with Crippen LogP contribution in [0.25, 0.3) is 0 Å². The lowest BCUT2D eigenvalue weighted by Crippen LogP contribution is -2.22. The van der Waals surface area contributed by atoms with Crippen molar-refractivity contribution in [2.24, 2.45) is 0 Å². The molecule has 0 saturated carbocycles. The van der Waals surface area contributed by atoms with Crippen LogP contribution >= 0.6 is 0 Å². The fourth-order valence-corrected chi connectivity index (χ4v) is 1.45. The highest BCUT2D eigenvalue weighted by Gasteiger charge is 2.05. The van der Waals surface area contributed by atoms with Gasteiger partial charge in [0, 0.05) is 12.1 Å². The van der Waals surface area contributed by atoms with Crippen LogP contribution in [0.15, 0.2) is 24.3 Å². The Bertz CT molecular complexity index is 292. The maximum atomic E-state index is 10.6. The summed E-state index contributed by atoms with van der Waals surface area (Å²) in [6.07, 6.45) is 1.97. The largest absolute Gasteiger partial charge is 0.300 e. The van der Waals surface area contributed by atoms with Crippen molar-refractivity contribution >= 4 is 6.29 Å². The summed E-state index contributed by atoms with van der Waals surface area (Å²) in [5.41, 5.74) is 1.74. The monoisotopic (exact) mass is 190 g/mol. The lowest BCUT2D eigenvalue weighted by Gasteiger charge is -2.18. The molecule has 2 nitrogen and oxygen atoms in total. The molecule has 0 atom stereocenters. The van der Waals surface area contributed by atoms with Gasteiger partial charge in [-0.05, 0) is 18.7 Å². The van der Waals surface area contributed by atoms with E-state index in [-0.39, 0.29) is 0 Å². The van der Waals surface area contributed by atoms with Crippen molar-refractivity contribution in [2.75, 3.05) is 13.1 Å². The third-order valence-electron chi connectivity index (χ3n) is 2.42. The molecule has 0 amide bonds. The molecule has 1 aromatic rings. The average Bonchev–Trinajstić information content (AvgIpc) is 2.26. The Balaban J connectivity index is 2.79. The fraction of sp³-hybridized carbons (Fsp3) is 0.417. The Morgan fingerprint density at radius 3 is 2.43 bits per heavy atom. The van der Waals surface area contributed by atoms with E-state index < -0.39 is 0 Å². The molecule has 0 aliphatic heterocycles. The number of carbonyl (C=O) groups excluding carboxylic acids is 1. The zero-order chi connectivity index (χ0) is 10.4. The van der Waals surface area contributed by atoms with Crippen molar-refractivity contribution in [1.82, 2.24) is 4.90 Å². The van der Waals surface area contributed by atoms with Crippen LogP contribution in [-0.2, 0) is 11.3 Å². The van der Waals surface area contributed by atoms with E-state index in [1.807, 2.05) is 30.6 Å². The first-order valence-corrected chi connectivity index (χ1v) is 5.00. The van der Waals surface area contributed by atoms with Gasteiger partial charge in [-0.2, -0.15) is 0 Å². The highest BCUT2D eigenvalue weighted by Crippen LogP contribution is 2.09. The normalized spacial score (nSPS) is 10.5. The van der Waals surface area contributed by atoms with Gasteiger partial charge in [0.15, 0.2) is 0 Å². The van der Waals surface area contributed by atoms with Gasteiger partial charge >= 0.3 is 0 Å². The van der Waals surface area contributed by atoms with Crippen LogP contribution in [0.1, 0.15) is 25.0 Å². The van der Waals surface area contributed by atoms with Crippen LogP contribution in [0.2, 0.25) is 0 Å². The van der Waals surface area contributed by atoms with Crippen LogP contribution in [0.3, 0.4) is 0 Å². The van der Waals surface area contributed by atoms with E-state index in [1.165, 1.54) is 0 Å². The van der Waals surface area contributed by atoms with Crippen LogP contribution in [0, 0.1) is 0 Å². The summed E-state index contributed by atoms with van der Waals surface area (Å²) in [5, 5.41) is 0. The third-order valence-corrected chi connectivity index (χ3v) is 2.42. The topological polar surface area (TPSA) is 20.3 Å². The maximum absolute atomic E-state index is 10.6. The Morgan fingerprint density at radius 1 is 1.21 bits per heavy atom. The molecule has 75 valence electrons. The zero-order valence-corrected chi connectivity index (χ0v) is 8.79. The predicted octanol–water partition coefficient (Wildman–Crippen LogP) is 1.99. The molecule has 0 bridgehead atoms. The van der Waals surface area contributed by atoms with Gasteiger partial charge in [-0.15, -0.1) is 0 Å². The minimum absolute atomic E-state index is 0.680. The summed E-state index contributed by atoms with van der Waals surface area (Å²) in [7, 11) is 0. The predicted molar refractivity (Wildman–Crippen MR) is 57.9 cm³/mol. The second kappa shape index (κ2) is 5.55. The number of nitrogens with zero attached hydrogens (tertiary/aromatic N) is 1. The number of benzene rings is 1. The molecule has 1 rings (SSSR count). The molecule has 0 aliphatic rings. The third kappa shape index (κ3) is 2.67. The molecule has 0 aliphatic carbocycles. The maximum Gasteiger partial charge on any atom is 0.233 e. The van der Waals surface area contributed by atoms with Crippen LogP contribution in [-0.4, -0.2) is 24.3 Å². The molecule has 1 aromatic carbocycles. The van der Waals surface area contributed by atoms with Gasteiger partial charge in [0.1, 0.15) is 0 Å². The van der Waals surface area contributed by atoms with Gasteiger partial charge in [-0.25, -0.2) is 0 Å². The highest BCUT2D eigenvalue weighted by molar-refractivity contribution is 5.77. The molecular formula is C12H16NO. The Hall–Kier alpha value is -1.15. The van der Waals surface area contributed by atoms with Gasteiger partial charge in [0.2, 0.25) is 6.29 Å². The van der Waals surface area contributed by atoms with Crippen molar-refractivity contribution in [1.29, 1.82) is 0 Å². The molecule has 0 N–H and O–H groups in total. The van der Waals surface area contributed by atoms with Crippen molar-refractivity contribution < 1.29 is 4.79 Å². The molecule has 0 fully saturated rings. The van der Waals surface area contributed by atoms with E-state index in [2.05, 4.69) is 18.7 Å². The molecule has 0 aromatic heterocycles. The molecular weight excluding hydrogens is 174 g/mol. The van der Waals surface area contributed by atoms with E-state index >= 15 is 0 Å². The smallest absolute Gasteiger partial charge is 0.233 e. The van der Waals surface area contributed by atoms with Crippen LogP contribution < -0.4 is 0 Å². The standard InChI is InChI=1S/C12H16NO/c1-3-13(4-2)9-11-7-5-6-8-12(11)10-14/h5-8H,3-4,9H2,1-2H3. The number of hydrogen-bond acceptors (Lipinski definition) is 2. The summed E-state index contributed by atoms with van der Waals surface area (Å²) in [6.45, 7) is 7.08. The summed E-state index contributed by atoms with van der Waals surface area (Å²) >= 11 is 0. The van der Waals surface area contributed by atoms with Gasteiger partial charge in [-0.3, -0.25) is 9.69 Å². The molecule has 2 heteroatoms. The van der Waals surface area contributed by atoms with Crippen molar-refractivity contribution in [2.45, 2.75) is 20.4 Å². The first-order chi connectivity index (χ1) is 6.81. The van der Waals surface area contributed by atoms with E-state index in [0.717, 1.165) is 25.2 Å². The Labute approximate surface area is 85.5 Å². The van der Waals surface area contributed by atoms with Crippen molar-refractivity contribution in [3.63, 3.8) is 0 Å². The van der Waals surface area contributed by atoms with Crippen molar-refractivity contribution in [3.8, 4) is 0 Å². The molecule has 0 saturated heterocycles. The zero-order valence-electron chi connectivity index (χ0n) is 8.79. The average molecular weight is 190 g/mol. The van der Waals surface area contributed by atoms with Crippen LogP contribution in [0.4, 0.5) is 0 Å². The second-order valence-corrected chi connectivity index (χ2v) is 3.22. The van der Waals surface area contributed by atoms with Gasteiger partial charge in [0.25, 0.3) is 0 Å². The quantitative estimate of drug-likeness (QED) is 0.707. The SMILES string of the molecule is CCN(CC)Cc1ccccc1[C]=O. The summed E-state index contributed by atoms with van der Waals surface area (Å²) in [4.78, 5) is 12.9. The number of hydrogen-bond donors (Lipinski definition) is 0. The summed E-state index contributed by atoms with van der Waals surface area (Å²) in [6, 6.07) is 7.62. The Morgan fingerprint density at radius 2 is 1.86 bits per heavy atom. The minimum atomic E-state index is 0.680. The van der Waals surface area contributed by atoms with Crippen molar-refractivity contribution in [3.05, 3.63) is 35.4 Å². The van der Waals surface area contributed by atoms with E-state index in [0.29, 0.717) is 5.56 Å². The fourth-order valence-electron chi connectivity index (χ4n) is 1.45. The Kier molecular flexibility index (Phi) is 4.33. The highest BCUT2D eigenvalue weighted by atomic mass is 16.1. The lowest BCUT2D eigenvalue weighted by atomic mass is 10.1. The van der Waals surface area contributed by atoms with Gasteiger partial charge < -0.3 is 0 Å². The van der Waals surface area contributed by atoms with E-state index in [9.17, 15) is 4.79 Å². The van der Waals surface area contributed by atoms with Gasteiger partial charge in [-0.1, -0.05) is 38.1 Å². The van der Waals surface area contributed by atoms with Crippen LogP contribution in [0.5, 0.6) is 0 Å². The second-order valence-electron chi connectivity index (χ2n) is 3.22. The van der Waals surface area contributed by atoms with E-state index in [4.69, 9.17) is 0 Å². The first-order valence-electron chi connectivity index (χ1n) is 5.00. The summed E-state index contributed by atoms with van der Waals surface area (Å²) in [5.74, 6) is 0. The van der Waals surface area contributed by atoms with Gasteiger partial charge in [0.05, 0.1) is 0 Å². The van der Waals surface area contributed by atoms with E-state index in [1.54, 1.807) is 0 Å². The first kappa shape index (κ1) is 10.9. The minimum Gasteiger partial charge on any atom is -0.300 e. The number of rotatable bonds is 5. The molecule has 0 spiro atoms. The summed E-state index contributed by atoms with van der Waals surface area (Å²) < 4.78 is 0.